The molecule has 0 N–H and O–H groups in total. The summed E-state index contributed by atoms with van der Waals surface area (Å²) in [5.41, 5.74) is 3.25. The molecule has 0 unspecified atom stereocenters. The van der Waals surface area contributed by atoms with Gasteiger partial charge in [-0.2, -0.15) is 0 Å². The summed E-state index contributed by atoms with van der Waals surface area (Å²) in [6, 6.07) is 17.9. The van der Waals surface area contributed by atoms with E-state index in [0.29, 0.717) is 0 Å². The average Bonchev–Trinajstić information content (AvgIpc) is 2.96. The van der Waals surface area contributed by atoms with Crippen LogP contribution in [0.2, 0.25) is 0 Å². The SMILES string of the molecule is COC(=O)C1=C(C(=O)OC)N(c2cccc(Cc3ccccc3)c2)C=CC=C1. The molecule has 2 aromatic carbocycles. The van der Waals surface area contributed by atoms with E-state index in [1.807, 2.05) is 42.5 Å². The van der Waals surface area contributed by atoms with E-state index in [9.17, 15) is 9.59 Å². The van der Waals surface area contributed by atoms with Gasteiger partial charge in [0.25, 0.3) is 0 Å². The highest BCUT2D eigenvalue weighted by molar-refractivity contribution is 6.05. The molecular formula is C23H21NO4. The van der Waals surface area contributed by atoms with Crippen molar-refractivity contribution in [3.05, 3.63) is 101 Å². The molecule has 0 saturated heterocycles. The number of nitrogens with zero attached hydrogens (tertiary/aromatic N) is 1. The number of benzene rings is 2. The summed E-state index contributed by atoms with van der Waals surface area (Å²) in [6.45, 7) is 0. The number of anilines is 1. The molecule has 0 spiro atoms. The van der Waals surface area contributed by atoms with Crippen LogP contribution in [0.5, 0.6) is 0 Å². The van der Waals surface area contributed by atoms with E-state index in [1.54, 1.807) is 29.3 Å². The molecule has 0 radical (unpaired) electrons. The van der Waals surface area contributed by atoms with Gasteiger partial charge in [0.1, 0.15) is 5.70 Å². The predicted octanol–water partition coefficient (Wildman–Crippen LogP) is 3.77. The lowest BCUT2D eigenvalue weighted by Crippen LogP contribution is -2.27. The minimum Gasteiger partial charge on any atom is -0.465 e. The standard InChI is InChI=1S/C23H21NO4/c1-27-22(25)20-13-6-7-14-24(21(20)23(26)28-2)19-12-8-11-18(16-19)15-17-9-4-3-5-10-17/h3-14,16H,15H2,1-2H3. The maximum Gasteiger partial charge on any atom is 0.355 e. The number of hydrogen-bond acceptors (Lipinski definition) is 5. The average molecular weight is 375 g/mol. The van der Waals surface area contributed by atoms with Gasteiger partial charge in [-0.25, -0.2) is 9.59 Å². The molecule has 1 aliphatic heterocycles. The molecule has 1 heterocycles. The molecule has 2 aromatic rings. The van der Waals surface area contributed by atoms with Gasteiger partial charge >= 0.3 is 11.9 Å². The van der Waals surface area contributed by atoms with Crippen molar-refractivity contribution >= 4 is 17.6 Å². The normalized spacial score (nSPS) is 13.3. The maximum atomic E-state index is 12.5. The molecule has 3 rings (SSSR count). The van der Waals surface area contributed by atoms with E-state index in [-0.39, 0.29) is 11.3 Å². The van der Waals surface area contributed by atoms with Crippen molar-refractivity contribution in [2.24, 2.45) is 0 Å². The topological polar surface area (TPSA) is 55.8 Å². The van der Waals surface area contributed by atoms with Crippen LogP contribution in [0.15, 0.2) is 90.3 Å². The van der Waals surface area contributed by atoms with Gasteiger partial charge in [0, 0.05) is 11.9 Å². The van der Waals surface area contributed by atoms with Crippen LogP contribution in [0.4, 0.5) is 5.69 Å². The summed E-state index contributed by atoms with van der Waals surface area (Å²) < 4.78 is 9.78. The van der Waals surface area contributed by atoms with Gasteiger partial charge < -0.3 is 14.4 Å². The highest BCUT2D eigenvalue weighted by Crippen LogP contribution is 2.27. The first kappa shape index (κ1) is 19.2. The van der Waals surface area contributed by atoms with Crippen LogP contribution >= 0.6 is 0 Å². The van der Waals surface area contributed by atoms with Crippen LogP contribution in [-0.2, 0) is 25.5 Å². The Morgan fingerprint density at radius 2 is 1.57 bits per heavy atom. The maximum absolute atomic E-state index is 12.5. The number of allylic oxidation sites excluding steroid dienone is 2. The first-order valence-corrected chi connectivity index (χ1v) is 8.82. The van der Waals surface area contributed by atoms with E-state index in [0.717, 1.165) is 17.7 Å². The Morgan fingerprint density at radius 1 is 0.857 bits per heavy atom. The van der Waals surface area contributed by atoms with Gasteiger partial charge in [-0.05, 0) is 41.8 Å². The van der Waals surface area contributed by atoms with Crippen molar-refractivity contribution in [2.45, 2.75) is 6.42 Å². The Morgan fingerprint density at radius 3 is 2.29 bits per heavy atom. The largest absolute Gasteiger partial charge is 0.465 e. The third kappa shape index (κ3) is 4.20. The summed E-state index contributed by atoms with van der Waals surface area (Å²) in [5.74, 6) is -1.23. The fourth-order valence-electron chi connectivity index (χ4n) is 3.01. The van der Waals surface area contributed by atoms with Crippen molar-refractivity contribution < 1.29 is 19.1 Å². The van der Waals surface area contributed by atoms with Crippen LogP contribution in [0.25, 0.3) is 0 Å². The van der Waals surface area contributed by atoms with Crippen molar-refractivity contribution in [3.8, 4) is 0 Å². The zero-order valence-electron chi connectivity index (χ0n) is 15.8. The zero-order chi connectivity index (χ0) is 19.9. The number of rotatable bonds is 5. The number of ether oxygens (including phenoxy) is 2. The van der Waals surface area contributed by atoms with E-state index in [1.165, 1.54) is 19.8 Å². The first-order chi connectivity index (χ1) is 13.6. The molecule has 5 heteroatoms. The van der Waals surface area contributed by atoms with E-state index in [4.69, 9.17) is 9.47 Å². The molecule has 0 bridgehead atoms. The summed E-state index contributed by atoms with van der Waals surface area (Å²) >= 11 is 0. The number of carbonyl (C=O) groups excluding carboxylic acids is 2. The fourth-order valence-corrected chi connectivity index (χ4v) is 3.01. The summed E-state index contributed by atoms with van der Waals surface area (Å²) in [6.07, 6.45) is 7.46. The molecule has 0 fully saturated rings. The molecule has 28 heavy (non-hydrogen) atoms. The van der Waals surface area contributed by atoms with Gasteiger partial charge in [0.2, 0.25) is 0 Å². The third-order valence-electron chi connectivity index (χ3n) is 4.33. The van der Waals surface area contributed by atoms with Gasteiger partial charge in [0.15, 0.2) is 0 Å². The fraction of sp³-hybridized carbons (Fsp3) is 0.130. The molecule has 1 aliphatic rings. The van der Waals surface area contributed by atoms with Crippen molar-refractivity contribution in [2.75, 3.05) is 19.1 Å². The van der Waals surface area contributed by atoms with E-state index in [2.05, 4.69) is 12.1 Å². The Hall–Kier alpha value is -3.60. The Balaban J connectivity index is 2.04. The number of hydrogen-bond donors (Lipinski definition) is 0. The van der Waals surface area contributed by atoms with Gasteiger partial charge in [0.05, 0.1) is 19.8 Å². The predicted molar refractivity (Wildman–Crippen MR) is 108 cm³/mol. The molecular weight excluding hydrogens is 354 g/mol. The highest BCUT2D eigenvalue weighted by Gasteiger charge is 2.27. The number of esters is 2. The van der Waals surface area contributed by atoms with Crippen LogP contribution in [0.3, 0.4) is 0 Å². The molecule has 0 aliphatic carbocycles. The van der Waals surface area contributed by atoms with Crippen molar-refractivity contribution in [1.82, 2.24) is 0 Å². The smallest absolute Gasteiger partial charge is 0.355 e. The summed E-state index contributed by atoms with van der Waals surface area (Å²) in [5, 5.41) is 0. The molecule has 0 aromatic heterocycles. The highest BCUT2D eigenvalue weighted by atomic mass is 16.5. The van der Waals surface area contributed by atoms with Gasteiger partial charge in [-0.3, -0.25) is 0 Å². The number of carbonyl (C=O) groups is 2. The minimum atomic E-state index is -0.620. The summed E-state index contributed by atoms with van der Waals surface area (Å²) in [4.78, 5) is 26.4. The van der Waals surface area contributed by atoms with E-state index < -0.39 is 11.9 Å². The quantitative estimate of drug-likeness (QED) is 0.745. The third-order valence-corrected chi connectivity index (χ3v) is 4.33. The summed E-state index contributed by atoms with van der Waals surface area (Å²) in [7, 11) is 2.56. The minimum absolute atomic E-state index is 0.108. The Bertz CT molecular complexity index is 958. The monoisotopic (exact) mass is 375 g/mol. The second-order valence-electron chi connectivity index (χ2n) is 6.15. The lowest BCUT2D eigenvalue weighted by molar-refractivity contribution is -0.139. The van der Waals surface area contributed by atoms with Crippen LogP contribution in [0.1, 0.15) is 11.1 Å². The second-order valence-corrected chi connectivity index (χ2v) is 6.15. The zero-order valence-corrected chi connectivity index (χ0v) is 15.8. The second kappa shape index (κ2) is 8.86. The Kier molecular flexibility index (Phi) is 6.07. The van der Waals surface area contributed by atoms with Gasteiger partial charge in [-0.15, -0.1) is 0 Å². The first-order valence-electron chi connectivity index (χ1n) is 8.82. The molecule has 0 atom stereocenters. The van der Waals surface area contributed by atoms with Crippen molar-refractivity contribution in [3.63, 3.8) is 0 Å². The van der Waals surface area contributed by atoms with Gasteiger partial charge in [-0.1, -0.05) is 48.5 Å². The van der Waals surface area contributed by atoms with Crippen LogP contribution < -0.4 is 4.90 Å². The Labute approximate surface area is 164 Å². The lowest BCUT2D eigenvalue weighted by atomic mass is 10.0. The van der Waals surface area contributed by atoms with Crippen LogP contribution in [-0.4, -0.2) is 26.2 Å². The lowest BCUT2D eigenvalue weighted by Gasteiger charge is -2.23. The molecule has 142 valence electrons. The molecule has 0 saturated carbocycles. The molecule has 5 nitrogen and oxygen atoms in total. The number of methoxy groups -OCH3 is 2. The van der Waals surface area contributed by atoms with Crippen molar-refractivity contribution in [1.29, 1.82) is 0 Å². The van der Waals surface area contributed by atoms with Crippen LogP contribution in [0, 0.1) is 0 Å². The van der Waals surface area contributed by atoms with E-state index >= 15 is 0 Å². The molecule has 0 amide bonds.